The third-order valence-electron chi connectivity index (χ3n) is 3.48. The zero-order valence-corrected chi connectivity index (χ0v) is 15.1. The largest absolute Gasteiger partial charge is 0.496 e. The van der Waals surface area contributed by atoms with E-state index >= 15 is 0 Å². The number of ether oxygens (including phenoxy) is 3. The van der Waals surface area contributed by atoms with Crippen molar-refractivity contribution >= 4 is 33.2 Å². The molecular formula is C16H14BrClN2O3. The van der Waals surface area contributed by atoms with Crippen molar-refractivity contribution in [1.29, 1.82) is 0 Å². The Bertz CT molecular complexity index is 879. The molecule has 0 saturated carbocycles. The summed E-state index contributed by atoms with van der Waals surface area (Å²) in [5.41, 5.74) is 2.29. The van der Waals surface area contributed by atoms with Crippen molar-refractivity contribution in [2.75, 3.05) is 21.3 Å². The van der Waals surface area contributed by atoms with Gasteiger partial charge in [-0.25, -0.2) is 4.98 Å². The summed E-state index contributed by atoms with van der Waals surface area (Å²) < 4.78 is 18.7. The normalized spacial score (nSPS) is 10.8. The SMILES string of the molecule is COc1cc(OC)c(-c2cn3cc(Br)c(OC)cc3n2)cc1Cl. The van der Waals surface area contributed by atoms with Crippen LogP contribution in [0.15, 0.2) is 35.1 Å². The van der Waals surface area contributed by atoms with E-state index in [4.69, 9.17) is 25.8 Å². The van der Waals surface area contributed by atoms with Crippen LogP contribution >= 0.6 is 27.5 Å². The predicted octanol–water partition coefficient (Wildman–Crippen LogP) is 4.44. The highest BCUT2D eigenvalue weighted by Crippen LogP contribution is 2.38. The maximum atomic E-state index is 6.24. The van der Waals surface area contributed by atoms with Crippen LogP contribution in [0.2, 0.25) is 5.02 Å². The van der Waals surface area contributed by atoms with Crippen molar-refractivity contribution in [1.82, 2.24) is 9.38 Å². The summed E-state index contributed by atoms with van der Waals surface area (Å²) in [6, 6.07) is 5.39. The minimum absolute atomic E-state index is 0.499. The first kappa shape index (κ1) is 16.0. The van der Waals surface area contributed by atoms with Crippen molar-refractivity contribution in [3.05, 3.63) is 40.1 Å². The molecular weight excluding hydrogens is 384 g/mol. The van der Waals surface area contributed by atoms with E-state index in [2.05, 4.69) is 20.9 Å². The van der Waals surface area contributed by atoms with Gasteiger partial charge in [0.1, 0.15) is 22.9 Å². The van der Waals surface area contributed by atoms with Crippen molar-refractivity contribution in [3.8, 4) is 28.5 Å². The number of pyridine rings is 1. The van der Waals surface area contributed by atoms with Crippen LogP contribution in [-0.2, 0) is 0 Å². The minimum atomic E-state index is 0.499. The Hall–Kier alpha value is -1.92. The number of imidazole rings is 1. The standard InChI is InChI=1S/C16H14BrClN2O3/c1-21-13-5-15(23-3)11(18)4-9(13)12-8-20-7-10(17)14(22-2)6-16(20)19-12/h4-8H,1-3H3. The number of hydrogen-bond acceptors (Lipinski definition) is 4. The van der Waals surface area contributed by atoms with E-state index in [9.17, 15) is 0 Å². The third-order valence-corrected chi connectivity index (χ3v) is 4.37. The van der Waals surface area contributed by atoms with Gasteiger partial charge in [0.05, 0.1) is 36.5 Å². The molecule has 2 aromatic heterocycles. The third kappa shape index (κ3) is 2.84. The smallest absolute Gasteiger partial charge is 0.141 e. The summed E-state index contributed by atoms with van der Waals surface area (Å²) in [4.78, 5) is 4.62. The molecule has 2 heterocycles. The Morgan fingerprint density at radius 3 is 2.30 bits per heavy atom. The molecule has 0 radical (unpaired) electrons. The molecule has 7 heteroatoms. The zero-order valence-electron chi connectivity index (χ0n) is 12.8. The second-order valence-corrected chi connectivity index (χ2v) is 6.03. The molecule has 0 amide bonds. The van der Waals surface area contributed by atoms with Crippen LogP contribution in [-0.4, -0.2) is 30.7 Å². The maximum Gasteiger partial charge on any atom is 0.141 e. The van der Waals surface area contributed by atoms with Crippen LogP contribution < -0.4 is 14.2 Å². The Labute approximate surface area is 146 Å². The van der Waals surface area contributed by atoms with Gasteiger partial charge in [-0.1, -0.05) is 11.6 Å². The Morgan fingerprint density at radius 2 is 1.65 bits per heavy atom. The van der Waals surface area contributed by atoms with E-state index in [-0.39, 0.29) is 0 Å². The molecule has 0 spiro atoms. The van der Waals surface area contributed by atoms with Gasteiger partial charge in [0.15, 0.2) is 0 Å². The number of fused-ring (bicyclic) bond motifs is 1. The summed E-state index contributed by atoms with van der Waals surface area (Å²) in [5, 5.41) is 0.499. The molecule has 0 aliphatic heterocycles. The molecule has 23 heavy (non-hydrogen) atoms. The molecule has 0 saturated heterocycles. The first-order valence-electron chi connectivity index (χ1n) is 6.71. The fraction of sp³-hybridized carbons (Fsp3) is 0.188. The van der Waals surface area contributed by atoms with E-state index < -0.39 is 0 Å². The zero-order chi connectivity index (χ0) is 16.6. The van der Waals surface area contributed by atoms with Crippen molar-refractivity contribution in [2.45, 2.75) is 0 Å². The summed E-state index contributed by atoms with van der Waals surface area (Å²) in [6.07, 6.45) is 3.79. The second-order valence-electron chi connectivity index (χ2n) is 4.77. The lowest BCUT2D eigenvalue weighted by Gasteiger charge is -2.10. The van der Waals surface area contributed by atoms with Crippen LogP contribution in [0.5, 0.6) is 17.2 Å². The van der Waals surface area contributed by atoms with Crippen molar-refractivity contribution in [3.63, 3.8) is 0 Å². The molecule has 120 valence electrons. The van der Waals surface area contributed by atoms with E-state index in [1.165, 1.54) is 0 Å². The highest BCUT2D eigenvalue weighted by molar-refractivity contribution is 9.10. The number of methoxy groups -OCH3 is 3. The van der Waals surface area contributed by atoms with Crippen LogP contribution in [0.4, 0.5) is 0 Å². The molecule has 0 aliphatic rings. The molecule has 0 aliphatic carbocycles. The summed E-state index contributed by atoms with van der Waals surface area (Å²) in [6.45, 7) is 0. The molecule has 0 fully saturated rings. The lowest BCUT2D eigenvalue weighted by molar-refractivity contribution is 0.395. The Morgan fingerprint density at radius 1 is 0.957 bits per heavy atom. The van der Waals surface area contributed by atoms with E-state index in [1.807, 2.05) is 22.9 Å². The van der Waals surface area contributed by atoms with Crippen LogP contribution in [0.1, 0.15) is 0 Å². The van der Waals surface area contributed by atoms with Crippen LogP contribution in [0.3, 0.4) is 0 Å². The molecule has 5 nitrogen and oxygen atoms in total. The summed E-state index contributed by atoms with van der Waals surface area (Å²) >= 11 is 9.70. The number of hydrogen-bond donors (Lipinski definition) is 0. The maximum absolute atomic E-state index is 6.24. The number of halogens is 2. The lowest BCUT2D eigenvalue weighted by atomic mass is 10.1. The molecule has 0 unspecified atom stereocenters. The van der Waals surface area contributed by atoms with E-state index in [1.54, 1.807) is 33.5 Å². The van der Waals surface area contributed by atoms with Crippen LogP contribution in [0, 0.1) is 0 Å². The Kier molecular flexibility index (Phi) is 4.37. The number of aromatic nitrogens is 2. The topological polar surface area (TPSA) is 45.0 Å². The number of nitrogens with zero attached hydrogens (tertiary/aromatic N) is 2. The molecule has 0 atom stereocenters. The molecule has 3 rings (SSSR count). The number of rotatable bonds is 4. The average molecular weight is 398 g/mol. The van der Waals surface area contributed by atoms with Gasteiger partial charge in [-0.2, -0.15) is 0 Å². The van der Waals surface area contributed by atoms with E-state index in [0.29, 0.717) is 16.5 Å². The lowest BCUT2D eigenvalue weighted by Crippen LogP contribution is -1.91. The first-order chi connectivity index (χ1) is 11.1. The first-order valence-corrected chi connectivity index (χ1v) is 7.88. The average Bonchev–Trinajstić information content (AvgIpc) is 2.96. The number of benzene rings is 1. The van der Waals surface area contributed by atoms with Gasteiger partial charge in [-0.3, -0.25) is 0 Å². The molecule has 3 aromatic rings. The van der Waals surface area contributed by atoms with Crippen LogP contribution in [0.25, 0.3) is 16.9 Å². The van der Waals surface area contributed by atoms with E-state index in [0.717, 1.165) is 27.1 Å². The van der Waals surface area contributed by atoms with Gasteiger partial charge in [-0.05, 0) is 22.0 Å². The summed E-state index contributed by atoms with van der Waals surface area (Å²) in [7, 11) is 4.78. The fourth-order valence-electron chi connectivity index (χ4n) is 2.34. The second kappa shape index (κ2) is 6.29. The van der Waals surface area contributed by atoms with Gasteiger partial charge in [0.2, 0.25) is 0 Å². The van der Waals surface area contributed by atoms with Gasteiger partial charge < -0.3 is 18.6 Å². The monoisotopic (exact) mass is 396 g/mol. The van der Waals surface area contributed by atoms with Gasteiger partial charge in [-0.15, -0.1) is 0 Å². The highest BCUT2D eigenvalue weighted by Gasteiger charge is 2.15. The highest BCUT2D eigenvalue weighted by atomic mass is 79.9. The predicted molar refractivity (Wildman–Crippen MR) is 93.0 cm³/mol. The van der Waals surface area contributed by atoms with Crippen molar-refractivity contribution < 1.29 is 14.2 Å². The van der Waals surface area contributed by atoms with Crippen molar-refractivity contribution in [2.24, 2.45) is 0 Å². The summed E-state index contributed by atoms with van der Waals surface area (Å²) in [5.74, 6) is 1.91. The van der Waals surface area contributed by atoms with Gasteiger partial charge in [0, 0.05) is 30.1 Å². The fourth-order valence-corrected chi connectivity index (χ4v) is 3.07. The Balaban J connectivity index is 2.18. The molecule has 1 aromatic carbocycles. The minimum Gasteiger partial charge on any atom is -0.496 e. The van der Waals surface area contributed by atoms with Gasteiger partial charge >= 0.3 is 0 Å². The van der Waals surface area contributed by atoms with Gasteiger partial charge in [0.25, 0.3) is 0 Å². The quantitative estimate of drug-likeness (QED) is 0.653. The molecule has 0 N–H and O–H groups in total. The molecule has 0 bridgehead atoms.